The summed E-state index contributed by atoms with van der Waals surface area (Å²) in [6, 6.07) is 2.47. The average Bonchev–Trinajstić information content (AvgIpc) is 4.07. The molecule has 4 bridgehead atoms. The minimum atomic E-state index is -1.87. The largest absolute Gasteiger partial charge is 0.495 e. The molecule has 4 aliphatic heterocycles. The summed E-state index contributed by atoms with van der Waals surface area (Å²) in [5.41, 5.74) is -0.437. The molecule has 8 atom stereocenters. The van der Waals surface area contributed by atoms with Crippen molar-refractivity contribution in [3.05, 3.63) is 119 Å². The van der Waals surface area contributed by atoms with Gasteiger partial charge in [-0.15, -0.1) is 0 Å². The fourth-order valence-electron chi connectivity index (χ4n) is 9.35. The number of likely N-dealkylation sites (N-methyl/N-ethyl adjacent to an activating group) is 1. The van der Waals surface area contributed by atoms with Crippen LogP contribution < -0.4 is 20.3 Å². The van der Waals surface area contributed by atoms with Gasteiger partial charge in [-0.05, 0) is 69.9 Å². The first-order valence-electron chi connectivity index (χ1n) is 24.8. The number of anilines is 1. The summed E-state index contributed by atoms with van der Waals surface area (Å²) in [7, 11) is 5.95. The summed E-state index contributed by atoms with van der Waals surface area (Å²) < 4.78 is 29.5. The molecule has 17 nitrogen and oxygen atoms in total. The zero-order valence-electron chi connectivity index (χ0n) is 43.4. The number of rotatable bonds is 12. The summed E-state index contributed by atoms with van der Waals surface area (Å²) in [5.74, 6) is -1.81. The molecule has 5 amide bonds. The molecule has 0 radical (unpaired) electrons. The Kier molecular flexibility index (Phi) is 20.2. The smallest absolute Gasteiger partial charge is 0.409 e. The SMILES string of the molecule is COc1cc2cc(c1Cl)N(C)C(=O)C[C@H](OC(=O)[C@H](C)N(C)C(=O)CCSCC(=O)N1CCC(C(=O)NC3=C/C=C\C=C/C=C\C=C/C=C\3)CC1)[C@]1(C)O[C@H]1[C@H](C)[C@@H]1C[C@@](O)(NC(=O)O1)[C@H](OC)/C=C/C=C(\C)C2. The number of epoxide rings is 1. The predicted octanol–water partition coefficient (Wildman–Crippen LogP) is 6.67. The van der Waals surface area contributed by atoms with Crippen LogP contribution in [-0.2, 0) is 49.3 Å². The number of esters is 1. The minimum Gasteiger partial charge on any atom is -0.495 e. The lowest BCUT2D eigenvalue weighted by Crippen LogP contribution is -2.63. The van der Waals surface area contributed by atoms with Crippen molar-refractivity contribution in [2.24, 2.45) is 11.8 Å². The lowest BCUT2D eigenvalue weighted by Gasteiger charge is -2.42. The van der Waals surface area contributed by atoms with E-state index in [1.54, 1.807) is 50.1 Å². The molecular weight excluding hydrogens is 990 g/mol. The number of fused-ring (bicyclic) bond motifs is 5. The highest BCUT2D eigenvalue weighted by Crippen LogP contribution is 2.49. The van der Waals surface area contributed by atoms with E-state index in [1.807, 2.05) is 79.8 Å². The first-order chi connectivity index (χ1) is 35.3. The van der Waals surface area contributed by atoms with E-state index in [-0.39, 0.29) is 53.7 Å². The number of benzene rings is 1. The van der Waals surface area contributed by atoms with E-state index in [4.69, 9.17) is 35.3 Å². The number of alkyl carbamates (subject to hydrolysis) is 1. The number of carbonyl (C=O) groups excluding carboxylic acids is 6. The van der Waals surface area contributed by atoms with Gasteiger partial charge in [-0.2, -0.15) is 11.8 Å². The number of allylic oxidation sites excluding steroid dienone is 14. The van der Waals surface area contributed by atoms with Crippen molar-refractivity contribution < 1.29 is 57.6 Å². The number of methoxy groups -OCH3 is 2. The van der Waals surface area contributed by atoms with Gasteiger partial charge in [0.25, 0.3) is 0 Å². The molecule has 0 spiro atoms. The molecular formula is C55H70ClN5O12S. The van der Waals surface area contributed by atoms with E-state index in [0.29, 0.717) is 55.2 Å². The fourth-order valence-corrected chi connectivity index (χ4v) is 10.5. The van der Waals surface area contributed by atoms with Gasteiger partial charge in [-0.1, -0.05) is 97.0 Å². The third-order valence-electron chi connectivity index (χ3n) is 14.1. The number of ether oxygens (including phenoxy) is 5. The molecule has 3 N–H and O–H groups in total. The molecule has 0 saturated carbocycles. The Morgan fingerprint density at radius 1 is 1.01 bits per heavy atom. The summed E-state index contributed by atoms with van der Waals surface area (Å²) in [6.45, 7) is 7.80. The van der Waals surface area contributed by atoms with Crippen molar-refractivity contribution in [1.29, 1.82) is 0 Å². The summed E-state index contributed by atoms with van der Waals surface area (Å²) >= 11 is 8.13. The molecule has 19 heteroatoms. The van der Waals surface area contributed by atoms with Crippen LogP contribution in [0.5, 0.6) is 5.75 Å². The summed E-state index contributed by atoms with van der Waals surface area (Å²) in [5, 5.41) is 17.6. The highest BCUT2D eigenvalue weighted by atomic mass is 35.5. The van der Waals surface area contributed by atoms with Gasteiger partial charge in [0.2, 0.25) is 23.6 Å². The Morgan fingerprint density at radius 3 is 2.36 bits per heavy atom. The number of nitrogens with one attached hydrogen (secondary N) is 2. The maximum Gasteiger partial charge on any atom is 0.409 e. The quantitative estimate of drug-likeness (QED) is 0.114. The maximum absolute atomic E-state index is 14.4. The van der Waals surface area contributed by atoms with Crippen LogP contribution in [0.15, 0.2) is 108 Å². The molecule has 74 heavy (non-hydrogen) atoms. The van der Waals surface area contributed by atoms with Crippen molar-refractivity contribution in [3.63, 3.8) is 0 Å². The molecule has 1 aliphatic carbocycles. The molecule has 3 fully saturated rings. The molecule has 1 aromatic rings. The highest BCUT2D eigenvalue weighted by molar-refractivity contribution is 7.99. The Hall–Kier alpha value is -5.92. The van der Waals surface area contributed by atoms with Gasteiger partial charge >= 0.3 is 12.1 Å². The highest BCUT2D eigenvalue weighted by Gasteiger charge is 2.64. The van der Waals surface area contributed by atoms with Gasteiger partial charge in [0.05, 0.1) is 31.1 Å². The zero-order chi connectivity index (χ0) is 53.7. The second-order valence-electron chi connectivity index (χ2n) is 19.4. The number of likely N-dealkylation sites (tertiary alicyclic amines) is 1. The topological polar surface area (TPSA) is 206 Å². The number of amides is 5. The van der Waals surface area contributed by atoms with Gasteiger partial charge in [-0.3, -0.25) is 24.5 Å². The number of nitrogens with zero attached hydrogens (tertiary/aromatic N) is 3. The number of aliphatic hydroxyl groups is 1. The first-order valence-corrected chi connectivity index (χ1v) is 26.4. The molecule has 0 unspecified atom stereocenters. The normalized spacial score (nSPS) is 31.0. The van der Waals surface area contributed by atoms with Gasteiger partial charge in [-0.25, -0.2) is 9.59 Å². The van der Waals surface area contributed by atoms with Gasteiger partial charge in [0.15, 0.2) is 5.72 Å². The van der Waals surface area contributed by atoms with Crippen LogP contribution in [0.4, 0.5) is 10.5 Å². The van der Waals surface area contributed by atoms with Gasteiger partial charge in [0, 0.05) is 70.4 Å². The Bertz CT molecular complexity index is 2510. The van der Waals surface area contributed by atoms with Gasteiger partial charge in [0.1, 0.15) is 40.7 Å². The minimum absolute atomic E-state index is 0.0311. The van der Waals surface area contributed by atoms with E-state index >= 15 is 0 Å². The van der Waals surface area contributed by atoms with Crippen LogP contribution in [0.3, 0.4) is 0 Å². The van der Waals surface area contributed by atoms with Crippen LogP contribution in [0, 0.1) is 11.8 Å². The van der Waals surface area contributed by atoms with Crippen LogP contribution in [0.1, 0.15) is 65.4 Å². The molecule has 5 aliphatic rings. The first kappa shape index (κ1) is 57.4. The summed E-state index contributed by atoms with van der Waals surface area (Å²) in [4.78, 5) is 85.8. The molecule has 400 valence electrons. The second kappa shape index (κ2) is 26.0. The van der Waals surface area contributed by atoms with Gasteiger partial charge < -0.3 is 48.8 Å². The van der Waals surface area contributed by atoms with Crippen LogP contribution in [0.2, 0.25) is 5.02 Å². The average molecular weight is 1060 g/mol. The Morgan fingerprint density at radius 2 is 1.69 bits per heavy atom. The van der Waals surface area contributed by atoms with Crippen molar-refractivity contribution in [2.45, 2.75) is 108 Å². The monoisotopic (exact) mass is 1060 g/mol. The lowest BCUT2D eigenvalue weighted by molar-refractivity contribution is -0.162. The number of piperidine rings is 1. The molecule has 1 aromatic carbocycles. The third-order valence-corrected chi connectivity index (χ3v) is 15.5. The standard InChI is InChI=1S/C55H70ClN5O12S/c1-35-19-18-22-44(70-8)55(68)33-43(71-53(67)58-55)36(2)50-54(4,73-50)45(32-47(63)60(6)41-30-38(29-35)31-42(69-7)49(41)56)72-52(66)37(3)59(5)46(62)25-28-74-34-48(64)61-26-23-39(24-27-61)51(65)57-40-20-16-14-12-10-9-11-13-15-17-21-40/h9-22,30-31,36-37,39,43-45,50,68H,23-29,32-34H2,1-8H3,(H,57,65)(H,58,67)/b10-9-,11-9?,12-10?,13-11-,14-12-,15-13?,16-14?,17-15-,20-16-,21-17?,22-18+,35-19+,40-20?,40-21+/t36-,37+,43+,44-,45+,50+,54+,55+/m1/s1. The summed E-state index contributed by atoms with van der Waals surface area (Å²) in [6.07, 6.45) is 22.3. The molecule has 6 rings (SSSR count). The maximum atomic E-state index is 14.4. The second-order valence-corrected chi connectivity index (χ2v) is 20.9. The lowest BCUT2D eigenvalue weighted by atomic mass is 9.83. The van der Waals surface area contributed by atoms with Crippen LogP contribution >= 0.6 is 23.4 Å². The van der Waals surface area contributed by atoms with E-state index in [2.05, 4.69) is 10.6 Å². The Labute approximate surface area is 443 Å². The predicted molar refractivity (Wildman–Crippen MR) is 284 cm³/mol. The fraction of sp³-hybridized carbons (Fsp3) is 0.491. The van der Waals surface area contributed by atoms with Crippen molar-refractivity contribution in [2.75, 3.05) is 57.8 Å². The number of hydrogen-bond acceptors (Lipinski definition) is 13. The number of carbonyl (C=O) groups is 6. The molecule has 4 heterocycles. The van der Waals surface area contributed by atoms with Crippen LogP contribution in [0.25, 0.3) is 0 Å². The number of halogens is 1. The van der Waals surface area contributed by atoms with Crippen molar-refractivity contribution in [1.82, 2.24) is 20.4 Å². The molecule has 3 saturated heterocycles. The van der Waals surface area contributed by atoms with Crippen molar-refractivity contribution >= 4 is 64.7 Å². The van der Waals surface area contributed by atoms with E-state index in [0.717, 1.165) is 11.1 Å². The van der Waals surface area contributed by atoms with Crippen molar-refractivity contribution in [3.8, 4) is 5.75 Å². The van der Waals surface area contributed by atoms with E-state index in [9.17, 15) is 33.9 Å². The third kappa shape index (κ3) is 14.7. The van der Waals surface area contributed by atoms with Crippen LogP contribution in [-0.4, -0.2) is 145 Å². The van der Waals surface area contributed by atoms with E-state index < -0.39 is 65.7 Å². The van der Waals surface area contributed by atoms with E-state index in [1.165, 1.54) is 49.8 Å². The number of thioether (sulfide) groups is 1. The Balaban J connectivity index is 1.07. The molecule has 0 aromatic heterocycles. The number of hydrogen-bond donors (Lipinski definition) is 3. The zero-order valence-corrected chi connectivity index (χ0v) is 45.0.